The fraction of sp³-hybridized carbons (Fsp3) is 0.727. The molecule has 1 N–H and O–H groups in total. The van der Waals surface area contributed by atoms with Gasteiger partial charge in [-0.1, -0.05) is 0 Å². The van der Waals surface area contributed by atoms with E-state index < -0.39 is 11.9 Å². The Kier molecular flexibility index (Phi) is 5.41. The maximum Gasteiger partial charge on any atom is 0.409 e. The van der Waals surface area contributed by atoms with Crippen LogP contribution < -0.4 is 5.32 Å². The molecule has 2 amide bonds. The van der Waals surface area contributed by atoms with Crippen molar-refractivity contribution < 1.29 is 23.9 Å². The van der Waals surface area contributed by atoms with Gasteiger partial charge in [-0.05, 0) is 19.8 Å². The van der Waals surface area contributed by atoms with Crippen molar-refractivity contribution in [2.24, 2.45) is 0 Å². The van der Waals surface area contributed by atoms with E-state index in [0.717, 1.165) is 7.11 Å². The number of carbonyl (C=O) groups excluding carboxylic acids is 3. The second-order valence-corrected chi connectivity index (χ2v) is 3.93. The van der Waals surface area contributed by atoms with E-state index in [1.54, 1.807) is 11.8 Å². The first-order chi connectivity index (χ1) is 8.58. The number of likely N-dealkylation sites (tertiary alicyclic amines) is 1. The van der Waals surface area contributed by atoms with E-state index >= 15 is 0 Å². The normalized spacial score (nSPS) is 16.0. The highest BCUT2D eigenvalue weighted by Crippen LogP contribution is 2.11. The Morgan fingerprint density at radius 2 is 1.89 bits per heavy atom. The van der Waals surface area contributed by atoms with Crippen molar-refractivity contribution in [3.8, 4) is 0 Å². The molecule has 7 nitrogen and oxygen atoms in total. The summed E-state index contributed by atoms with van der Waals surface area (Å²) >= 11 is 0. The number of esters is 1. The summed E-state index contributed by atoms with van der Waals surface area (Å²) < 4.78 is 9.19. The highest BCUT2D eigenvalue weighted by atomic mass is 16.6. The lowest BCUT2D eigenvalue weighted by Crippen LogP contribution is -2.48. The molecule has 0 bridgehead atoms. The SMILES string of the molecule is CCOC(=O)N1CCC(NC(=O)C(=O)OC)CC1. The Hall–Kier alpha value is -1.79. The lowest BCUT2D eigenvalue weighted by molar-refractivity contribution is -0.153. The quantitative estimate of drug-likeness (QED) is 0.552. The number of ether oxygens (including phenoxy) is 2. The lowest BCUT2D eigenvalue weighted by atomic mass is 10.1. The predicted octanol–water partition coefficient (Wildman–Crippen LogP) is -0.103. The molecule has 0 aromatic rings. The van der Waals surface area contributed by atoms with Gasteiger partial charge in [-0.3, -0.25) is 4.79 Å². The molecular weight excluding hydrogens is 240 g/mol. The Morgan fingerprint density at radius 1 is 1.28 bits per heavy atom. The molecule has 0 atom stereocenters. The maximum atomic E-state index is 11.4. The number of methoxy groups -OCH3 is 1. The lowest BCUT2D eigenvalue weighted by Gasteiger charge is -2.31. The van der Waals surface area contributed by atoms with Gasteiger partial charge in [0.15, 0.2) is 0 Å². The van der Waals surface area contributed by atoms with Crippen LogP contribution in [0.25, 0.3) is 0 Å². The summed E-state index contributed by atoms with van der Waals surface area (Å²) in [5, 5.41) is 2.57. The van der Waals surface area contributed by atoms with E-state index in [1.165, 1.54) is 0 Å². The first-order valence-corrected chi connectivity index (χ1v) is 5.89. The molecule has 0 saturated carbocycles. The van der Waals surface area contributed by atoms with Crippen LogP contribution in [0.1, 0.15) is 19.8 Å². The summed E-state index contributed by atoms with van der Waals surface area (Å²) in [5.74, 6) is -1.64. The van der Waals surface area contributed by atoms with E-state index in [-0.39, 0.29) is 12.1 Å². The number of hydrogen-bond donors (Lipinski definition) is 1. The molecule has 0 aromatic carbocycles. The van der Waals surface area contributed by atoms with Crippen LogP contribution in [-0.4, -0.2) is 55.7 Å². The summed E-state index contributed by atoms with van der Waals surface area (Å²) in [6.45, 7) is 3.11. The van der Waals surface area contributed by atoms with Gasteiger partial charge < -0.3 is 19.7 Å². The van der Waals surface area contributed by atoms with Gasteiger partial charge in [-0.2, -0.15) is 0 Å². The zero-order chi connectivity index (χ0) is 13.5. The van der Waals surface area contributed by atoms with E-state index in [1.807, 2.05) is 0 Å². The topological polar surface area (TPSA) is 84.9 Å². The minimum absolute atomic E-state index is 0.109. The van der Waals surface area contributed by atoms with E-state index in [4.69, 9.17) is 4.74 Å². The van der Waals surface area contributed by atoms with Crippen LogP contribution in [0.15, 0.2) is 0 Å². The minimum Gasteiger partial charge on any atom is -0.462 e. The van der Waals surface area contributed by atoms with Crippen molar-refractivity contribution in [1.29, 1.82) is 0 Å². The predicted molar refractivity (Wildman–Crippen MR) is 61.8 cm³/mol. The van der Waals surface area contributed by atoms with Gasteiger partial charge in [-0.25, -0.2) is 9.59 Å². The zero-order valence-electron chi connectivity index (χ0n) is 10.6. The average Bonchev–Trinajstić information content (AvgIpc) is 2.38. The van der Waals surface area contributed by atoms with E-state index in [2.05, 4.69) is 10.1 Å². The van der Waals surface area contributed by atoms with Gasteiger partial charge in [0.05, 0.1) is 13.7 Å². The summed E-state index contributed by atoms with van der Waals surface area (Å²) in [5.41, 5.74) is 0. The van der Waals surface area contributed by atoms with Gasteiger partial charge in [0.2, 0.25) is 0 Å². The second-order valence-electron chi connectivity index (χ2n) is 3.93. The molecule has 0 aliphatic carbocycles. The summed E-state index contributed by atoms with van der Waals surface area (Å²) in [4.78, 5) is 35.2. The zero-order valence-corrected chi connectivity index (χ0v) is 10.6. The van der Waals surface area contributed by atoms with Crippen molar-refractivity contribution in [3.63, 3.8) is 0 Å². The molecular formula is C11H18N2O5. The fourth-order valence-electron chi connectivity index (χ4n) is 1.76. The molecule has 7 heteroatoms. The molecule has 0 radical (unpaired) electrons. The van der Waals surface area contributed by atoms with Crippen LogP contribution in [-0.2, 0) is 19.1 Å². The van der Waals surface area contributed by atoms with Crippen LogP contribution in [0.5, 0.6) is 0 Å². The maximum absolute atomic E-state index is 11.4. The Labute approximate surface area is 105 Å². The third kappa shape index (κ3) is 3.90. The van der Waals surface area contributed by atoms with Crippen molar-refractivity contribution >= 4 is 18.0 Å². The van der Waals surface area contributed by atoms with Gasteiger partial charge in [0, 0.05) is 19.1 Å². The largest absolute Gasteiger partial charge is 0.462 e. The molecule has 1 saturated heterocycles. The first kappa shape index (κ1) is 14.3. The molecule has 1 heterocycles. The number of carbonyl (C=O) groups is 3. The summed E-state index contributed by atoms with van der Waals surface area (Å²) in [6.07, 6.45) is 0.860. The molecule has 1 fully saturated rings. The first-order valence-electron chi connectivity index (χ1n) is 5.89. The number of rotatable bonds is 2. The van der Waals surface area contributed by atoms with Gasteiger partial charge >= 0.3 is 18.0 Å². The molecule has 1 rings (SSSR count). The smallest absolute Gasteiger partial charge is 0.409 e. The van der Waals surface area contributed by atoms with Crippen molar-refractivity contribution in [3.05, 3.63) is 0 Å². The molecule has 102 valence electrons. The molecule has 0 spiro atoms. The third-order valence-electron chi connectivity index (χ3n) is 2.73. The van der Waals surface area contributed by atoms with Crippen molar-refractivity contribution in [2.75, 3.05) is 26.8 Å². The van der Waals surface area contributed by atoms with Crippen LogP contribution in [0.2, 0.25) is 0 Å². The number of amides is 2. The fourth-order valence-corrected chi connectivity index (χ4v) is 1.76. The molecule has 0 aromatic heterocycles. The summed E-state index contributed by atoms with van der Waals surface area (Å²) in [7, 11) is 1.16. The van der Waals surface area contributed by atoms with Crippen molar-refractivity contribution in [1.82, 2.24) is 10.2 Å². The molecule has 1 aliphatic rings. The second kappa shape index (κ2) is 6.83. The number of nitrogens with zero attached hydrogens (tertiary/aromatic N) is 1. The third-order valence-corrected chi connectivity index (χ3v) is 2.73. The average molecular weight is 258 g/mol. The molecule has 1 aliphatic heterocycles. The van der Waals surface area contributed by atoms with Crippen LogP contribution in [0.3, 0.4) is 0 Å². The highest BCUT2D eigenvalue weighted by Gasteiger charge is 2.26. The van der Waals surface area contributed by atoms with Crippen LogP contribution >= 0.6 is 0 Å². The van der Waals surface area contributed by atoms with E-state index in [0.29, 0.717) is 32.5 Å². The Bertz CT molecular complexity index is 323. The van der Waals surface area contributed by atoms with Gasteiger partial charge in [0.25, 0.3) is 0 Å². The van der Waals surface area contributed by atoms with Crippen LogP contribution in [0.4, 0.5) is 4.79 Å². The monoisotopic (exact) mass is 258 g/mol. The highest BCUT2D eigenvalue weighted by molar-refractivity contribution is 6.32. The molecule has 18 heavy (non-hydrogen) atoms. The number of piperidine rings is 1. The molecule has 0 unspecified atom stereocenters. The minimum atomic E-state index is -0.900. The Balaban J connectivity index is 2.33. The Morgan fingerprint density at radius 3 is 2.39 bits per heavy atom. The number of hydrogen-bond acceptors (Lipinski definition) is 5. The van der Waals surface area contributed by atoms with Crippen molar-refractivity contribution in [2.45, 2.75) is 25.8 Å². The number of nitrogens with one attached hydrogen (secondary N) is 1. The standard InChI is InChI=1S/C11H18N2O5/c1-3-18-11(16)13-6-4-8(5-7-13)12-9(14)10(15)17-2/h8H,3-7H2,1-2H3,(H,12,14). The van der Waals surface area contributed by atoms with Crippen LogP contribution in [0, 0.1) is 0 Å². The summed E-state index contributed by atoms with van der Waals surface area (Å²) in [6, 6.07) is -0.109. The van der Waals surface area contributed by atoms with Gasteiger partial charge in [0.1, 0.15) is 0 Å². The van der Waals surface area contributed by atoms with Gasteiger partial charge in [-0.15, -0.1) is 0 Å². The van der Waals surface area contributed by atoms with E-state index in [9.17, 15) is 14.4 Å².